The number of ether oxygens (including phenoxy) is 1. The molecule has 0 aliphatic rings. The van der Waals surface area contributed by atoms with E-state index < -0.39 is 0 Å². The second-order valence-corrected chi connectivity index (χ2v) is 6.16. The Balaban J connectivity index is 1.79. The highest BCUT2D eigenvalue weighted by molar-refractivity contribution is 5.77. The predicted octanol–water partition coefficient (Wildman–Crippen LogP) is 4.28. The molecule has 0 fully saturated rings. The first-order chi connectivity index (χ1) is 13.0. The molecule has 5 heteroatoms. The molecule has 142 valence electrons. The zero-order valence-corrected chi connectivity index (χ0v) is 16.0. The Morgan fingerprint density at radius 3 is 2.67 bits per heavy atom. The van der Waals surface area contributed by atoms with E-state index in [0.717, 1.165) is 11.1 Å². The first kappa shape index (κ1) is 20.4. The SMILES string of the molecule is C=C/C=C(\C=C)CCNC(=O)COCc1nc(-c2ccc(C)cc2)oc1C. The molecule has 2 rings (SSSR count). The van der Waals surface area contributed by atoms with Gasteiger partial charge < -0.3 is 14.5 Å². The van der Waals surface area contributed by atoms with Crippen molar-refractivity contribution in [2.75, 3.05) is 13.2 Å². The molecule has 0 atom stereocenters. The molecule has 1 heterocycles. The number of hydrogen-bond donors (Lipinski definition) is 1. The highest BCUT2D eigenvalue weighted by Crippen LogP contribution is 2.22. The summed E-state index contributed by atoms with van der Waals surface area (Å²) in [5, 5.41) is 2.81. The van der Waals surface area contributed by atoms with Gasteiger partial charge in [-0.05, 0) is 38.0 Å². The lowest BCUT2D eigenvalue weighted by atomic mass is 10.1. The number of aromatic nitrogens is 1. The zero-order valence-electron chi connectivity index (χ0n) is 16.0. The number of allylic oxidation sites excluding steroid dienone is 3. The quantitative estimate of drug-likeness (QED) is 0.638. The molecule has 1 aromatic carbocycles. The third-order valence-corrected chi connectivity index (χ3v) is 3.99. The number of rotatable bonds is 10. The Kier molecular flexibility index (Phi) is 7.77. The molecule has 2 aromatic rings. The van der Waals surface area contributed by atoms with Crippen LogP contribution in [0, 0.1) is 13.8 Å². The highest BCUT2D eigenvalue weighted by atomic mass is 16.5. The Hall–Kier alpha value is -2.92. The number of carbonyl (C=O) groups is 1. The maximum Gasteiger partial charge on any atom is 0.246 e. The van der Waals surface area contributed by atoms with Gasteiger partial charge in [-0.25, -0.2) is 4.98 Å². The number of aryl methyl sites for hydroxylation is 2. The summed E-state index contributed by atoms with van der Waals surface area (Å²) in [6, 6.07) is 7.96. The number of carbonyl (C=O) groups excluding carboxylic acids is 1. The summed E-state index contributed by atoms with van der Waals surface area (Å²) in [7, 11) is 0. The molecule has 0 aliphatic heterocycles. The minimum Gasteiger partial charge on any atom is -0.441 e. The van der Waals surface area contributed by atoms with E-state index in [4.69, 9.17) is 9.15 Å². The summed E-state index contributed by atoms with van der Waals surface area (Å²) in [6.07, 6.45) is 6.02. The maximum atomic E-state index is 11.9. The van der Waals surface area contributed by atoms with E-state index in [1.807, 2.05) is 44.2 Å². The van der Waals surface area contributed by atoms with Gasteiger partial charge in [0, 0.05) is 12.1 Å². The van der Waals surface area contributed by atoms with Crippen LogP contribution in [-0.4, -0.2) is 24.0 Å². The molecule has 1 N–H and O–H groups in total. The molecule has 5 nitrogen and oxygen atoms in total. The van der Waals surface area contributed by atoms with Gasteiger partial charge >= 0.3 is 0 Å². The molecule has 0 bridgehead atoms. The average Bonchev–Trinajstić information content (AvgIpc) is 3.02. The van der Waals surface area contributed by atoms with Crippen molar-refractivity contribution in [2.45, 2.75) is 26.9 Å². The van der Waals surface area contributed by atoms with Gasteiger partial charge in [-0.3, -0.25) is 4.79 Å². The van der Waals surface area contributed by atoms with Crippen LogP contribution >= 0.6 is 0 Å². The van der Waals surface area contributed by atoms with Crippen molar-refractivity contribution in [1.29, 1.82) is 0 Å². The molecule has 0 unspecified atom stereocenters. The number of hydrogen-bond acceptors (Lipinski definition) is 4. The lowest BCUT2D eigenvalue weighted by Crippen LogP contribution is -2.28. The largest absolute Gasteiger partial charge is 0.441 e. The lowest BCUT2D eigenvalue weighted by Gasteiger charge is -2.06. The van der Waals surface area contributed by atoms with Crippen LogP contribution in [0.4, 0.5) is 0 Å². The van der Waals surface area contributed by atoms with Gasteiger partial charge in [0.15, 0.2) is 0 Å². The monoisotopic (exact) mass is 366 g/mol. The fourth-order valence-electron chi connectivity index (χ4n) is 2.42. The minimum atomic E-state index is -0.170. The number of benzene rings is 1. The van der Waals surface area contributed by atoms with Gasteiger partial charge in [0.2, 0.25) is 11.8 Å². The fourth-order valence-corrected chi connectivity index (χ4v) is 2.42. The van der Waals surface area contributed by atoms with Crippen molar-refractivity contribution in [3.63, 3.8) is 0 Å². The van der Waals surface area contributed by atoms with Gasteiger partial charge in [-0.15, -0.1) is 0 Å². The lowest BCUT2D eigenvalue weighted by molar-refractivity contribution is -0.126. The summed E-state index contributed by atoms with van der Waals surface area (Å²) >= 11 is 0. The average molecular weight is 366 g/mol. The molecular formula is C22H26N2O3. The number of amides is 1. The van der Waals surface area contributed by atoms with Crippen molar-refractivity contribution >= 4 is 5.91 Å². The minimum absolute atomic E-state index is 0.0270. The van der Waals surface area contributed by atoms with E-state index in [0.29, 0.717) is 30.3 Å². The van der Waals surface area contributed by atoms with Crippen molar-refractivity contribution in [2.24, 2.45) is 0 Å². The van der Waals surface area contributed by atoms with E-state index in [2.05, 4.69) is 23.5 Å². The van der Waals surface area contributed by atoms with Crippen LogP contribution in [0.1, 0.15) is 23.4 Å². The van der Waals surface area contributed by atoms with Gasteiger partial charge in [-0.2, -0.15) is 0 Å². The summed E-state index contributed by atoms with van der Waals surface area (Å²) in [5.74, 6) is 1.08. The molecule has 0 saturated carbocycles. The Labute approximate surface area is 160 Å². The third-order valence-electron chi connectivity index (χ3n) is 3.99. The van der Waals surface area contributed by atoms with Gasteiger partial charge in [0.1, 0.15) is 18.1 Å². The Morgan fingerprint density at radius 1 is 1.26 bits per heavy atom. The van der Waals surface area contributed by atoms with Crippen molar-refractivity contribution in [3.05, 3.63) is 78.2 Å². The summed E-state index contributed by atoms with van der Waals surface area (Å²) in [4.78, 5) is 16.3. The van der Waals surface area contributed by atoms with Gasteiger partial charge in [-0.1, -0.05) is 49.1 Å². The summed E-state index contributed by atoms with van der Waals surface area (Å²) < 4.78 is 11.2. The first-order valence-electron chi connectivity index (χ1n) is 8.85. The fraction of sp³-hybridized carbons (Fsp3) is 0.273. The predicted molar refractivity (Wildman–Crippen MR) is 107 cm³/mol. The van der Waals surface area contributed by atoms with E-state index in [9.17, 15) is 4.79 Å². The molecule has 1 amide bonds. The van der Waals surface area contributed by atoms with Crippen LogP contribution in [0.3, 0.4) is 0 Å². The van der Waals surface area contributed by atoms with E-state index >= 15 is 0 Å². The van der Waals surface area contributed by atoms with Crippen molar-refractivity contribution < 1.29 is 13.9 Å². The summed E-state index contributed by atoms with van der Waals surface area (Å²) in [6.45, 7) is 12.0. The van der Waals surface area contributed by atoms with E-state index in [1.54, 1.807) is 12.2 Å². The van der Waals surface area contributed by atoms with E-state index in [1.165, 1.54) is 5.56 Å². The van der Waals surface area contributed by atoms with Gasteiger partial charge in [0.25, 0.3) is 0 Å². The molecule has 0 saturated heterocycles. The van der Waals surface area contributed by atoms with Crippen LogP contribution in [0.5, 0.6) is 0 Å². The third kappa shape index (κ3) is 6.38. The molecule has 1 aromatic heterocycles. The molecule has 0 radical (unpaired) electrons. The molecular weight excluding hydrogens is 340 g/mol. The van der Waals surface area contributed by atoms with Crippen LogP contribution < -0.4 is 5.32 Å². The topological polar surface area (TPSA) is 64.4 Å². The van der Waals surface area contributed by atoms with Crippen LogP contribution in [0.2, 0.25) is 0 Å². The second kappa shape index (κ2) is 10.3. The van der Waals surface area contributed by atoms with Crippen LogP contribution in [0.15, 0.2) is 65.6 Å². The molecule has 27 heavy (non-hydrogen) atoms. The zero-order chi connectivity index (χ0) is 19.6. The van der Waals surface area contributed by atoms with Crippen LogP contribution in [0.25, 0.3) is 11.5 Å². The Bertz CT molecular complexity index is 817. The Morgan fingerprint density at radius 2 is 2.00 bits per heavy atom. The van der Waals surface area contributed by atoms with Crippen molar-refractivity contribution in [1.82, 2.24) is 10.3 Å². The molecule has 0 spiro atoms. The number of nitrogens with zero attached hydrogens (tertiary/aromatic N) is 1. The first-order valence-corrected chi connectivity index (χ1v) is 8.85. The number of oxazole rings is 1. The standard InChI is InChI=1S/C22H26N2O3/c1-5-7-18(6-2)12-13-23-21(25)15-26-14-20-17(4)27-22(24-20)19-10-8-16(3)9-11-19/h5-11H,1-2,12-15H2,3-4H3,(H,23,25)/b18-7+. The number of nitrogens with one attached hydrogen (secondary N) is 1. The normalized spacial score (nSPS) is 11.3. The second-order valence-electron chi connectivity index (χ2n) is 6.16. The maximum absolute atomic E-state index is 11.9. The molecule has 0 aliphatic carbocycles. The van der Waals surface area contributed by atoms with Gasteiger partial charge in [0.05, 0.1) is 6.61 Å². The van der Waals surface area contributed by atoms with E-state index in [-0.39, 0.29) is 19.1 Å². The summed E-state index contributed by atoms with van der Waals surface area (Å²) in [5.41, 5.74) is 3.81. The van der Waals surface area contributed by atoms with Crippen LogP contribution in [-0.2, 0) is 16.1 Å². The highest BCUT2D eigenvalue weighted by Gasteiger charge is 2.12. The van der Waals surface area contributed by atoms with Crippen molar-refractivity contribution in [3.8, 4) is 11.5 Å². The smallest absolute Gasteiger partial charge is 0.246 e.